The van der Waals surface area contributed by atoms with Gasteiger partial charge in [0.15, 0.2) is 5.82 Å². The van der Waals surface area contributed by atoms with Gasteiger partial charge in [0.05, 0.1) is 4.90 Å². The maximum absolute atomic E-state index is 12.2. The Morgan fingerprint density at radius 3 is 2.46 bits per heavy atom. The van der Waals surface area contributed by atoms with E-state index >= 15 is 0 Å². The minimum absolute atomic E-state index is 0.250. The summed E-state index contributed by atoms with van der Waals surface area (Å²) in [7, 11) is -3.50. The zero-order valence-electron chi connectivity index (χ0n) is 13.2. The predicted octanol–water partition coefficient (Wildman–Crippen LogP) is 2.30. The fourth-order valence-corrected chi connectivity index (χ4v) is 3.26. The zero-order chi connectivity index (χ0) is 17.0. The van der Waals surface area contributed by atoms with Crippen LogP contribution in [0.2, 0.25) is 0 Å². The van der Waals surface area contributed by atoms with Crippen molar-refractivity contribution in [1.29, 1.82) is 0 Å². The molecule has 0 amide bonds. The van der Waals surface area contributed by atoms with Crippen molar-refractivity contribution >= 4 is 10.0 Å². The molecule has 24 heavy (non-hydrogen) atoms. The molecule has 3 aromatic rings. The molecule has 0 aliphatic rings. The lowest BCUT2D eigenvalue weighted by Crippen LogP contribution is -2.26. The molecule has 2 N–H and O–H groups in total. The van der Waals surface area contributed by atoms with Gasteiger partial charge in [-0.1, -0.05) is 48.0 Å². The topological polar surface area (TPSA) is 87.7 Å². The second-order valence-electron chi connectivity index (χ2n) is 5.43. The molecule has 0 saturated heterocycles. The lowest BCUT2D eigenvalue weighted by molar-refractivity contribution is 0.581. The van der Waals surface area contributed by atoms with Gasteiger partial charge in [0.2, 0.25) is 10.0 Å². The molecule has 0 fully saturated rings. The van der Waals surface area contributed by atoms with Gasteiger partial charge < -0.3 is 0 Å². The Kier molecular flexibility index (Phi) is 4.73. The minimum Gasteiger partial charge on any atom is -0.263 e. The Hall–Kier alpha value is -2.51. The van der Waals surface area contributed by atoms with Crippen LogP contribution in [0.3, 0.4) is 0 Å². The van der Waals surface area contributed by atoms with Crippen molar-refractivity contribution in [3.05, 3.63) is 66.0 Å². The van der Waals surface area contributed by atoms with Gasteiger partial charge in [0.1, 0.15) is 5.82 Å². The van der Waals surface area contributed by atoms with Crippen LogP contribution in [-0.2, 0) is 16.4 Å². The zero-order valence-corrected chi connectivity index (χ0v) is 14.0. The van der Waals surface area contributed by atoms with Crippen LogP contribution < -0.4 is 4.72 Å². The van der Waals surface area contributed by atoms with Crippen molar-refractivity contribution in [1.82, 2.24) is 19.9 Å². The molecule has 1 aromatic heterocycles. The number of benzene rings is 2. The molecule has 0 bridgehead atoms. The van der Waals surface area contributed by atoms with E-state index in [-0.39, 0.29) is 11.4 Å². The van der Waals surface area contributed by atoms with E-state index in [0.29, 0.717) is 18.1 Å². The van der Waals surface area contributed by atoms with Gasteiger partial charge in [-0.15, -0.1) is 0 Å². The van der Waals surface area contributed by atoms with Crippen LogP contribution in [0, 0.1) is 6.92 Å². The lowest BCUT2D eigenvalue weighted by atomic mass is 10.2. The van der Waals surface area contributed by atoms with Crippen molar-refractivity contribution in [3.63, 3.8) is 0 Å². The number of hydrogen-bond acceptors (Lipinski definition) is 4. The molecule has 0 aliphatic carbocycles. The van der Waals surface area contributed by atoms with Crippen LogP contribution in [0.1, 0.15) is 11.4 Å². The summed E-state index contributed by atoms with van der Waals surface area (Å²) in [5.74, 6) is 1.24. The molecule has 0 atom stereocenters. The summed E-state index contributed by atoms with van der Waals surface area (Å²) in [4.78, 5) is 4.64. The number of nitrogens with one attached hydrogen (secondary N) is 2. The van der Waals surface area contributed by atoms with E-state index in [9.17, 15) is 8.42 Å². The summed E-state index contributed by atoms with van der Waals surface area (Å²) in [5, 5.41) is 7.00. The van der Waals surface area contributed by atoms with Gasteiger partial charge in [0.25, 0.3) is 0 Å². The molecule has 7 heteroatoms. The van der Waals surface area contributed by atoms with Crippen molar-refractivity contribution in [2.45, 2.75) is 18.2 Å². The standard InChI is InChI=1S/C17H18N4O2S/c1-13-7-9-15(10-8-13)24(22,23)18-12-11-16-19-17(21-20-16)14-5-3-2-4-6-14/h2-10,18H,11-12H2,1H3,(H,19,20,21). The highest BCUT2D eigenvalue weighted by molar-refractivity contribution is 7.89. The molecule has 6 nitrogen and oxygen atoms in total. The Morgan fingerprint density at radius 2 is 1.75 bits per heavy atom. The Balaban J connectivity index is 1.60. The SMILES string of the molecule is Cc1ccc(S(=O)(=O)NCCc2nc(-c3ccccc3)n[nH]2)cc1. The molecule has 0 radical (unpaired) electrons. The van der Waals surface area contributed by atoms with E-state index in [4.69, 9.17) is 0 Å². The largest absolute Gasteiger partial charge is 0.263 e. The number of rotatable bonds is 6. The number of H-pyrrole nitrogens is 1. The van der Waals surface area contributed by atoms with E-state index in [2.05, 4.69) is 19.9 Å². The minimum atomic E-state index is -3.50. The number of aromatic amines is 1. The first-order chi connectivity index (χ1) is 11.5. The molecule has 0 unspecified atom stereocenters. The normalized spacial score (nSPS) is 11.5. The van der Waals surface area contributed by atoms with Gasteiger partial charge in [-0.05, 0) is 19.1 Å². The molecule has 3 rings (SSSR count). The number of sulfonamides is 1. The van der Waals surface area contributed by atoms with Gasteiger partial charge >= 0.3 is 0 Å². The van der Waals surface area contributed by atoms with Crippen LogP contribution in [0.25, 0.3) is 11.4 Å². The van der Waals surface area contributed by atoms with Crippen molar-refractivity contribution in [2.24, 2.45) is 0 Å². The summed E-state index contributed by atoms with van der Waals surface area (Å²) in [6.07, 6.45) is 0.435. The van der Waals surface area contributed by atoms with Crippen LogP contribution in [-0.4, -0.2) is 30.1 Å². The molecule has 1 heterocycles. The number of nitrogens with zero attached hydrogens (tertiary/aromatic N) is 2. The molecule has 0 spiro atoms. The van der Waals surface area contributed by atoms with E-state index < -0.39 is 10.0 Å². The number of aromatic nitrogens is 3. The first kappa shape index (κ1) is 16.4. The summed E-state index contributed by atoms with van der Waals surface area (Å²) < 4.78 is 27.0. The Labute approximate surface area is 141 Å². The average molecular weight is 342 g/mol. The monoisotopic (exact) mass is 342 g/mol. The Bertz CT molecular complexity index is 903. The number of aryl methyl sites for hydroxylation is 1. The van der Waals surface area contributed by atoms with Gasteiger partial charge in [0, 0.05) is 18.5 Å². The predicted molar refractivity (Wildman–Crippen MR) is 91.9 cm³/mol. The van der Waals surface area contributed by atoms with Crippen molar-refractivity contribution < 1.29 is 8.42 Å². The second kappa shape index (κ2) is 6.94. The highest BCUT2D eigenvalue weighted by Crippen LogP contribution is 2.13. The summed E-state index contributed by atoms with van der Waals surface area (Å²) >= 11 is 0. The highest BCUT2D eigenvalue weighted by atomic mass is 32.2. The fourth-order valence-electron chi connectivity index (χ4n) is 2.23. The quantitative estimate of drug-likeness (QED) is 0.719. The van der Waals surface area contributed by atoms with E-state index in [1.807, 2.05) is 37.3 Å². The van der Waals surface area contributed by atoms with Crippen molar-refractivity contribution in [3.8, 4) is 11.4 Å². The maximum Gasteiger partial charge on any atom is 0.240 e. The third-order valence-corrected chi connectivity index (χ3v) is 5.03. The van der Waals surface area contributed by atoms with E-state index in [0.717, 1.165) is 11.1 Å². The van der Waals surface area contributed by atoms with Gasteiger partial charge in [-0.3, -0.25) is 5.10 Å². The van der Waals surface area contributed by atoms with Crippen LogP contribution in [0.4, 0.5) is 0 Å². The van der Waals surface area contributed by atoms with E-state index in [1.54, 1.807) is 24.3 Å². The smallest absolute Gasteiger partial charge is 0.240 e. The number of hydrogen-bond donors (Lipinski definition) is 2. The molecular formula is C17H18N4O2S. The van der Waals surface area contributed by atoms with Gasteiger partial charge in [-0.25, -0.2) is 18.1 Å². The first-order valence-electron chi connectivity index (χ1n) is 7.58. The van der Waals surface area contributed by atoms with Gasteiger partial charge in [-0.2, -0.15) is 5.10 Å². The first-order valence-corrected chi connectivity index (χ1v) is 9.06. The summed E-state index contributed by atoms with van der Waals surface area (Å²) in [5.41, 5.74) is 1.93. The third-order valence-electron chi connectivity index (χ3n) is 3.55. The molecular weight excluding hydrogens is 324 g/mol. The molecule has 0 saturated carbocycles. The molecule has 124 valence electrons. The van der Waals surface area contributed by atoms with Crippen LogP contribution in [0.5, 0.6) is 0 Å². The van der Waals surface area contributed by atoms with Crippen LogP contribution >= 0.6 is 0 Å². The average Bonchev–Trinajstić information content (AvgIpc) is 3.05. The van der Waals surface area contributed by atoms with Crippen LogP contribution in [0.15, 0.2) is 59.5 Å². The van der Waals surface area contributed by atoms with Crippen molar-refractivity contribution in [2.75, 3.05) is 6.54 Å². The fraction of sp³-hybridized carbons (Fsp3) is 0.176. The highest BCUT2D eigenvalue weighted by Gasteiger charge is 2.13. The summed E-state index contributed by atoms with van der Waals surface area (Å²) in [6, 6.07) is 16.4. The van der Waals surface area contributed by atoms with E-state index in [1.165, 1.54) is 0 Å². The summed E-state index contributed by atoms with van der Waals surface area (Å²) in [6.45, 7) is 2.16. The lowest BCUT2D eigenvalue weighted by Gasteiger charge is -2.06. The maximum atomic E-state index is 12.2. The Morgan fingerprint density at radius 1 is 1.04 bits per heavy atom. The molecule has 2 aromatic carbocycles. The third kappa shape index (κ3) is 3.87. The molecule has 0 aliphatic heterocycles. The second-order valence-corrected chi connectivity index (χ2v) is 7.20.